The van der Waals surface area contributed by atoms with Crippen LogP contribution in [0.15, 0.2) is 0 Å². The predicted octanol–water partition coefficient (Wildman–Crippen LogP) is 0.750. The van der Waals surface area contributed by atoms with E-state index in [0.29, 0.717) is 38.9 Å². The fraction of sp³-hybridized carbons (Fsp3) is 0.833. The summed E-state index contributed by atoms with van der Waals surface area (Å²) in [5, 5.41) is 18.1. The second-order valence-corrected chi connectivity index (χ2v) is 4.77. The lowest BCUT2D eigenvalue weighted by Crippen LogP contribution is -2.55. The van der Waals surface area contributed by atoms with Crippen molar-refractivity contribution in [3.05, 3.63) is 0 Å². The highest BCUT2D eigenvalue weighted by Gasteiger charge is 2.46. The second kappa shape index (κ2) is 6.04. The summed E-state index contributed by atoms with van der Waals surface area (Å²) in [6.07, 6.45) is 1.72. The molecule has 6 nitrogen and oxygen atoms in total. The average molecular weight is 258 g/mol. The molecule has 1 unspecified atom stereocenters. The van der Waals surface area contributed by atoms with Gasteiger partial charge in [0.25, 0.3) is 0 Å². The predicted molar refractivity (Wildman–Crippen MR) is 66.3 cm³/mol. The van der Waals surface area contributed by atoms with Crippen molar-refractivity contribution in [2.45, 2.75) is 38.6 Å². The maximum Gasteiger partial charge on any atom is 0.329 e. The number of carboxylic acid groups (broad SMARTS) is 1. The molecule has 1 atom stereocenters. The fourth-order valence-electron chi connectivity index (χ4n) is 2.31. The van der Waals surface area contributed by atoms with Gasteiger partial charge in [0.15, 0.2) is 0 Å². The van der Waals surface area contributed by atoms with E-state index in [4.69, 9.17) is 5.11 Å². The summed E-state index contributed by atoms with van der Waals surface area (Å²) in [4.78, 5) is 26.6. The van der Waals surface area contributed by atoms with Gasteiger partial charge in [-0.15, -0.1) is 0 Å². The largest absolute Gasteiger partial charge is 0.480 e. The van der Waals surface area contributed by atoms with E-state index in [1.807, 2.05) is 6.92 Å². The Kier molecular flexibility index (Phi) is 4.95. The lowest BCUT2D eigenvalue weighted by molar-refractivity contribution is -0.147. The van der Waals surface area contributed by atoms with Crippen LogP contribution in [0.1, 0.15) is 33.1 Å². The van der Waals surface area contributed by atoms with Gasteiger partial charge in [0.05, 0.1) is 0 Å². The molecule has 1 rings (SSSR count). The minimum Gasteiger partial charge on any atom is -0.480 e. The first-order chi connectivity index (χ1) is 8.47. The van der Waals surface area contributed by atoms with E-state index in [0.717, 1.165) is 0 Å². The number of nitrogens with zero attached hydrogens (tertiary/aromatic N) is 2. The molecule has 0 aromatic heterocycles. The number of aliphatic carboxylic acids is 1. The van der Waals surface area contributed by atoms with Crippen LogP contribution in [-0.4, -0.2) is 63.8 Å². The number of aliphatic hydroxyl groups is 1. The number of carbonyl (C=O) groups is 2. The van der Waals surface area contributed by atoms with Crippen molar-refractivity contribution in [2.24, 2.45) is 0 Å². The maximum absolute atomic E-state index is 12.3. The molecule has 1 heterocycles. The molecule has 0 saturated carbocycles. The molecule has 0 bridgehead atoms. The van der Waals surface area contributed by atoms with E-state index in [1.165, 1.54) is 4.90 Å². The summed E-state index contributed by atoms with van der Waals surface area (Å²) in [6, 6.07) is -0.242. The van der Waals surface area contributed by atoms with Crippen molar-refractivity contribution in [3.8, 4) is 0 Å². The summed E-state index contributed by atoms with van der Waals surface area (Å²) in [5.41, 5.74) is -1.09. The van der Waals surface area contributed by atoms with Crippen LogP contribution in [0, 0.1) is 0 Å². The van der Waals surface area contributed by atoms with Crippen LogP contribution >= 0.6 is 0 Å². The molecule has 1 saturated heterocycles. The standard InChI is InChI=1S/C12H22N2O4/c1-3-13(7-5-9-15)11(18)14-8-4-6-12(14,2)10(16)17/h15H,3-9H2,1-2H3,(H,16,17). The Balaban J connectivity index is 2.78. The van der Waals surface area contributed by atoms with Crippen LogP contribution in [0.3, 0.4) is 0 Å². The number of carbonyl (C=O) groups excluding carboxylic acids is 1. The third kappa shape index (κ3) is 2.75. The highest BCUT2D eigenvalue weighted by molar-refractivity contribution is 5.86. The van der Waals surface area contributed by atoms with E-state index in [2.05, 4.69) is 0 Å². The molecular weight excluding hydrogens is 236 g/mol. The Morgan fingerprint density at radius 1 is 1.44 bits per heavy atom. The van der Waals surface area contributed by atoms with Crippen LogP contribution in [0.5, 0.6) is 0 Å². The Bertz CT molecular complexity index is 321. The zero-order valence-corrected chi connectivity index (χ0v) is 11.1. The van der Waals surface area contributed by atoms with E-state index < -0.39 is 11.5 Å². The molecule has 0 aliphatic carbocycles. The van der Waals surface area contributed by atoms with E-state index in [1.54, 1.807) is 11.8 Å². The Morgan fingerprint density at radius 3 is 2.61 bits per heavy atom. The highest BCUT2D eigenvalue weighted by Crippen LogP contribution is 2.30. The normalized spacial score (nSPS) is 23.2. The topological polar surface area (TPSA) is 81.1 Å². The lowest BCUT2D eigenvalue weighted by atomic mass is 10.00. The quantitative estimate of drug-likeness (QED) is 0.762. The minimum atomic E-state index is -1.09. The zero-order chi connectivity index (χ0) is 13.8. The van der Waals surface area contributed by atoms with Crippen molar-refractivity contribution in [2.75, 3.05) is 26.2 Å². The molecule has 0 radical (unpaired) electrons. The fourth-order valence-corrected chi connectivity index (χ4v) is 2.31. The van der Waals surface area contributed by atoms with Gasteiger partial charge in [-0.2, -0.15) is 0 Å². The number of rotatable bonds is 5. The number of carboxylic acids is 1. The highest BCUT2D eigenvalue weighted by atomic mass is 16.4. The monoisotopic (exact) mass is 258 g/mol. The molecule has 1 fully saturated rings. The van der Waals surface area contributed by atoms with Crippen LogP contribution in [0.4, 0.5) is 4.79 Å². The van der Waals surface area contributed by atoms with Gasteiger partial charge in [-0.05, 0) is 33.1 Å². The van der Waals surface area contributed by atoms with Crippen LogP contribution < -0.4 is 0 Å². The van der Waals surface area contributed by atoms with Gasteiger partial charge in [-0.3, -0.25) is 0 Å². The third-order valence-corrected chi connectivity index (χ3v) is 3.57. The van der Waals surface area contributed by atoms with Gasteiger partial charge >= 0.3 is 12.0 Å². The smallest absolute Gasteiger partial charge is 0.329 e. The number of amides is 2. The maximum atomic E-state index is 12.3. The number of likely N-dealkylation sites (tertiary alicyclic amines) is 1. The summed E-state index contributed by atoms with van der Waals surface area (Å²) in [6.45, 7) is 4.93. The van der Waals surface area contributed by atoms with Crippen molar-refractivity contribution in [1.29, 1.82) is 0 Å². The number of aliphatic hydroxyl groups excluding tert-OH is 1. The van der Waals surface area contributed by atoms with Crippen LogP contribution in [-0.2, 0) is 4.79 Å². The molecule has 104 valence electrons. The van der Waals surface area contributed by atoms with Gasteiger partial charge < -0.3 is 20.0 Å². The number of hydrogen-bond acceptors (Lipinski definition) is 3. The van der Waals surface area contributed by atoms with Gasteiger partial charge in [-0.1, -0.05) is 0 Å². The Morgan fingerprint density at radius 2 is 2.11 bits per heavy atom. The summed E-state index contributed by atoms with van der Waals surface area (Å²) in [5.74, 6) is -0.952. The molecule has 0 aromatic rings. The first-order valence-electron chi connectivity index (χ1n) is 6.38. The number of urea groups is 1. The first kappa shape index (κ1) is 14.8. The molecule has 2 amide bonds. The minimum absolute atomic E-state index is 0.0278. The average Bonchev–Trinajstić information content (AvgIpc) is 2.73. The van der Waals surface area contributed by atoms with Crippen LogP contribution in [0.2, 0.25) is 0 Å². The van der Waals surface area contributed by atoms with Crippen molar-refractivity contribution >= 4 is 12.0 Å². The van der Waals surface area contributed by atoms with Gasteiger partial charge in [-0.25, -0.2) is 9.59 Å². The molecule has 6 heteroatoms. The Labute approximate surface area is 107 Å². The molecule has 0 aromatic carbocycles. The first-order valence-corrected chi connectivity index (χ1v) is 6.38. The van der Waals surface area contributed by atoms with Crippen molar-refractivity contribution < 1.29 is 19.8 Å². The van der Waals surface area contributed by atoms with Gasteiger partial charge in [0.2, 0.25) is 0 Å². The SMILES string of the molecule is CCN(CCCO)C(=O)N1CCCC1(C)C(=O)O. The zero-order valence-electron chi connectivity index (χ0n) is 11.1. The van der Waals surface area contributed by atoms with E-state index >= 15 is 0 Å². The van der Waals surface area contributed by atoms with Gasteiger partial charge in [0.1, 0.15) is 5.54 Å². The molecule has 0 spiro atoms. The lowest BCUT2D eigenvalue weighted by Gasteiger charge is -2.35. The molecule has 1 aliphatic rings. The molecule has 18 heavy (non-hydrogen) atoms. The summed E-state index contributed by atoms with van der Waals surface area (Å²) in [7, 11) is 0. The van der Waals surface area contributed by atoms with E-state index in [-0.39, 0.29) is 12.6 Å². The Hall–Kier alpha value is -1.30. The summed E-state index contributed by atoms with van der Waals surface area (Å²) >= 11 is 0. The number of hydrogen-bond donors (Lipinski definition) is 2. The van der Waals surface area contributed by atoms with Gasteiger partial charge in [0, 0.05) is 26.2 Å². The molecule has 1 aliphatic heterocycles. The van der Waals surface area contributed by atoms with E-state index in [9.17, 15) is 14.7 Å². The van der Waals surface area contributed by atoms with Crippen molar-refractivity contribution in [3.63, 3.8) is 0 Å². The summed E-state index contributed by atoms with van der Waals surface area (Å²) < 4.78 is 0. The molecular formula is C12H22N2O4. The van der Waals surface area contributed by atoms with Crippen molar-refractivity contribution in [1.82, 2.24) is 9.80 Å². The second-order valence-electron chi connectivity index (χ2n) is 4.77. The molecule has 2 N–H and O–H groups in total. The third-order valence-electron chi connectivity index (χ3n) is 3.57. The van der Waals surface area contributed by atoms with Crippen LogP contribution in [0.25, 0.3) is 0 Å².